The van der Waals surface area contributed by atoms with E-state index in [-0.39, 0.29) is 0 Å². The van der Waals surface area contributed by atoms with Crippen LogP contribution in [0.15, 0.2) is 48.5 Å². The second kappa shape index (κ2) is 7.09. The van der Waals surface area contributed by atoms with E-state index < -0.39 is 11.9 Å². The highest BCUT2D eigenvalue weighted by Crippen LogP contribution is 2.13. The van der Waals surface area contributed by atoms with Gasteiger partial charge in [-0.25, -0.2) is 9.59 Å². The molecule has 2 aromatic carbocycles. The molecule has 4 heteroatoms. The van der Waals surface area contributed by atoms with Gasteiger partial charge in [0.05, 0.1) is 0 Å². The van der Waals surface area contributed by atoms with Crippen molar-refractivity contribution >= 4 is 11.9 Å². The minimum Gasteiger partial charge on any atom is -0.417 e. The number of aryl methyl sites for hydroxylation is 2. The van der Waals surface area contributed by atoms with Gasteiger partial charge in [-0.3, -0.25) is 0 Å². The predicted molar refractivity (Wildman–Crippen MR) is 81.4 cm³/mol. The fourth-order valence-electron chi connectivity index (χ4n) is 1.72. The van der Waals surface area contributed by atoms with Crippen LogP contribution < -0.4 is 9.47 Å². The van der Waals surface area contributed by atoms with E-state index >= 15 is 0 Å². The third kappa shape index (κ3) is 4.80. The molecule has 0 spiro atoms. The Labute approximate surface area is 128 Å². The van der Waals surface area contributed by atoms with Gasteiger partial charge in [0.15, 0.2) is 0 Å². The van der Waals surface area contributed by atoms with Crippen LogP contribution in [0.4, 0.5) is 0 Å². The zero-order valence-electron chi connectivity index (χ0n) is 12.3. The molecular formula is C18H14O4. The van der Waals surface area contributed by atoms with Gasteiger partial charge in [-0.1, -0.05) is 24.3 Å². The van der Waals surface area contributed by atoms with E-state index in [1.54, 1.807) is 36.4 Å². The molecular weight excluding hydrogens is 280 g/mol. The third-order valence-corrected chi connectivity index (χ3v) is 2.67. The highest BCUT2D eigenvalue weighted by Gasteiger charge is 2.04. The lowest BCUT2D eigenvalue weighted by Gasteiger charge is -2.01. The Balaban J connectivity index is 1.94. The van der Waals surface area contributed by atoms with Crippen LogP contribution in [-0.4, -0.2) is 11.9 Å². The Kier molecular flexibility index (Phi) is 4.94. The molecule has 0 aliphatic heterocycles. The molecule has 2 rings (SSSR count). The molecule has 0 bridgehead atoms. The molecule has 0 heterocycles. The predicted octanol–water partition coefficient (Wildman–Crippen LogP) is 2.82. The van der Waals surface area contributed by atoms with Crippen LogP contribution in [0.1, 0.15) is 11.1 Å². The van der Waals surface area contributed by atoms with Gasteiger partial charge in [-0.15, -0.1) is 0 Å². The Morgan fingerprint density at radius 3 is 1.55 bits per heavy atom. The first-order valence-electron chi connectivity index (χ1n) is 6.62. The Morgan fingerprint density at radius 2 is 1.18 bits per heavy atom. The molecule has 0 radical (unpaired) electrons. The maximum absolute atomic E-state index is 11.5. The van der Waals surface area contributed by atoms with E-state index in [9.17, 15) is 9.59 Å². The van der Waals surface area contributed by atoms with Crippen molar-refractivity contribution in [3.05, 3.63) is 59.7 Å². The van der Waals surface area contributed by atoms with Crippen molar-refractivity contribution in [2.45, 2.75) is 13.8 Å². The lowest BCUT2D eigenvalue weighted by Crippen LogP contribution is -2.08. The van der Waals surface area contributed by atoms with Crippen LogP contribution in [0.5, 0.6) is 11.5 Å². The zero-order chi connectivity index (χ0) is 15.9. The molecule has 110 valence electrons. The van der Waals surface area contributed by atoms with E-state index in [1.807, 2.05) is 26.0 Å². The van der Waals surface area contributed by atoms with Crippen LogP contribution in [0.3, 0.4) is 0 Å². The highest BCUT2D eigenvalue weighted by molar-refractivity contribution is 5.99. The molecule has 0 aliphatic carbocycles. The number of hydrogen-bond acceptors (Lipinski definition) is 4. The van der Waals surface area contributed by atoms with Crippen LogP contribution in [-0.2, 0) is 9.59 Å². The first-order chi connectivity index (χ1) is 10.5. The van der Waals surface area contributed by atoms with Gasteiger partial charge in [0.1, 0.15) is 11.5 Å². The maximum atomic E-state index is 11.5. The third-order valence-electron chi connectivity index (χ3n) is 2.67. The molecule has 2 aromatic rings. The van der Waals surface area contributed by atoms with E-state index in [2.05, 4.69) is 11.8 Å². The van der Waals surface area contributed by atoms with E-state index in [4.69, 9.17) is 9.47 Å². The van der Waals surface area contributed by atoms with Crippen LogP contribution >= 0.6 is 0 Å². The lowest BCUT2D eigenvalue weighted by molar-refractivity contribution is -0.130. The highest BCUT2D eigenvalue weighted by atomic mass is 16.5. The number of hydrogen-bond donors (Lipinski definition) is 0. The summed E-state index contributed by atoms with van der Waals surface area (Å²) >= 11 is 0. The largest absolute Gasteiger partial charge is 0.417 e. The van der Waals surface area contributed by atoms with Gasteiger partial charge in [0.2, 0.25) is 0 Å². The van der Waals surface area contributed by atoms with Crippen molar-refractivity contribution in [1.82, 2.24) is 0 Å². The molecule has 0 unspecified atom stereocenters. The number of carbonyl (C=O) groups is 2. The van der Waals surface area contributed by atoms with Gasteiger partial charge < -0.3 is 9.47 Å². The van der Waals surface area contributed by atoms with Crippen molar-refractivity contribution in [2.24, 2.45) is 0 Å². The smallest absolute Gasteiger partial charge is 0.390 e. The van der Waals surface area contributed by atoms with Crippen LogP contribution in [0, 0.1) is 25.7 Å². The molecule has 0 saturated carbocycles. The maximum Gasteiger partial charge on any atom is 0.390 e. The molecule has 0 atom stereocenters. The summed E-state index contributed by atoms with van der Waals surface area (Å²) in [5.74, 6) is 3.33. The second-order valence-electron chi connectivity index (χ2n) is 4.66. The summed E-state index contributed by atoms with van der Waals surface area (Å²) < 4.78 is 9.99. The van der Waals surface area contributed by atoms with Gasteiger partial charge >= 0.3 is 11.9 Å². The SMILES string of the molecule is Cc1cccc(OC(=O)C#CC(=O)Oc2cccc(C)c2)c1. The average Bonchev–Trinajstić information content (AvgIpc) is 2.45. The van der Waals surface area contributed by atoms with E-state index in [0.29, 0.717) is 11.5 Å². The van der Waals surface area contributed by atoms with Crippen LogP contribution in [0.2, 0.25) is 0 Å². The number of benzene rings is 2. The summed E-state index contributed by atoms with van der Waals surface area (Å²) in [4.78, 5) is 23.1. The van der Waals surface area contributed by atoms with E-state index in [1.165, 1.54) is 0 Å². The first kappa shape index (κ1) is 15.3. The topological polar surface area (TPSA) is 52.6 Å². The Bertz CT molecular complexity index is 702. The molecule has 0 amide bonds. The number of rotatable bonds is 2. The monoisotopic (exact) mass is 294 g/mol. The molecule has 0 fully saturated rings. The van der Waals surface area contributed by atoms with Crippen LogP contribution in [0.25, 0.3) is 0 Å². The molecule has 0 saturated heterocycles. The molecule has 0 aliphatic rings. The van der Waals surface area contributed by atoms with Crippen molar-refractivity contribution in [3.63, 3.8) is 0 Å². The summed E-state index contributed by atoms with van der Waals surface area (Å²) in [6, 6.07) is 13.9. The fraction of sp³-hybridized carbons (Fsp3) is 0.111. The lowest BCUT2D eigenvalue weighted by atomic mass is 10.2. The average molecular weight is 294 g/mol. The molecule has 4 nitrogen and oxygen atoms in total. The molecule has 0 aromatic heterocycles. The second-order valence-corrected chi connectivity index (χ2v) is 4.66. The number of esters is 2. The number of ether oxygens (including phenoxy) is 2. The summed E-state index contributed by atoms with van der Waals surface area (Å²) in [5.41, 5.74) is 1.91. The van der Waals surface area contributed by atoms with Crippen molar-refractivity contribution < 1.29 is 19.1 Å². The van der Waals surface area contributed by atoms with Crippen molar-refractivity contribution in [2.75, 3.05) is 0 Å². The van der Waals surface area contributed by atoms with Gasteiger partial charge in [-0.05, 0) is 49.2 Å². The van der Waals surface area contributed by atoms with Gasteiger partial charge in [0.25, 0.3) is 0 Å². The normalized spacial score (nSPS) is 9.36. The quantitative estimate of drug-likeness (QED) is 0.370. The van der Waals surface area contributed by atoms with Crippen molar-refractivity contribution in [3.8, 4) is 23.3 Å². The Hall–Kier alpha value is -3.06. The van der Waals surface area contributed by atoms with E-state index in [0.717, 1.165) is 11.1 Å². The first-order valence-corrected chi connectivity index (χ1v) is 6.62. The summed E-state index contributed by atoms with van der Waals surface area (Å²) in [6.45, 7) is 3.75. The minimum absolute atomic E-state index is 0.381. The van der Waals surface area contributed by atoms with Crippen molar-refractivity contribution in [1.29, 1.82) is 0 Å². The van der Waals surface area contributed by atoms with Gasteiger partial charge in [0, 0.05) is 11.8 Å². The summed E-state index contributed by atoms with van der Waals surface area (Å²) in [5, 5.41) is 0. The molecule has 0 N–H and O–H groups in total. The van der Waals surface area contributed by atoms with Gasteiger partial charge in [-0.2, -0.15) is 0 Å². The standard InChI is InChI=1S/C18H14O4/c1-13-5-3-7-15(11-13)21-17(19)9-10-18(20)22-16-8-4-6-14(2)12-16/h3-8,11-12H,1-2H3. The fourth-order valence-corrected chi connectivity index (χ4v) is 1.72. The zero-order valence-corrected chi connectivity index (χ0v) is 12.3. The summed E-state index contributed by atoms with van der Waals surface area (Å²) in [6.07, 6.45) is 0. The summed E-state index contributed by atoms with van der Waals surface area (Å²) in [7, 11) is 0. The molecule has 22 heavy (non-hydrogen) atoms. The Morgan fingerprint density at radius 1 is 0.773 bits per heavy atom. The number of carbonyl (C=O) groups excluding carboxylic acids is 2. The minimum atomic E-state index is -0.813.